The van der Waals surface area contributed by atoms with Gasteiger partial charge in [-0.25, -0.2) is 4.79 Å². The Morgan fingerprint density at radius 3 is 2.06 bits per heavy atom. The minimum Gasteiger partial charge on any atom is -0.478 e. The van der Waals surface area contributed by atoms with Gasteiger partial charge in [-0.3, -0.25) is 9.59 Å². The third-order valence-corrected chi connectivity index (χ3v) is 6.30. The number of amides is 2. The summed E-state index contributed by atoms with van der Waals surface area (Å²) in [5, 5.41) is 12.2. The van der Waals surface area contributed by atoms with Gasteiger partial charge in [-0.1, -0.05) is 78.0 Å². The first-order valence-corrected chi connectivity index (χ1v) is 11.2. The summed E-state index contributed by atoms with van der Waals surface area (Å²) in [6.07, 6.45) is 2.17. The van der Waals surface area contributed by atoms with E-state index in [-0.39, 0.29) is 23.3 Å². The predicted molar refractivity (Wildman–Crippen MR) is 128 cm³/mol. The van der Waals surface area contributed by atoms with Gasteiger partial charge in [0.15, 0.2) is 0 Å². The highest BCUT2D eigenvalue weighted by Crippen LogP contribution is 2.34. The van der Waals surface area contributed by atoms with Crippen molar-refractivity contribution in [2.24, 2.45) is 11.3 Å². The predicted octanol–water partition coefficient (Wildman–Crippen LogP) is 4.40. The van der Waals surface area contributed by atoms with Crippen LogP contribution in [0.15, 0.2) is 42.0 Å². The summed E-state index contributed by atoms with van der Waals surface area (Å²) in [7, 11) is 1.63. The zero-order chi connectivity index (χ0) is 24.9. The van der Waals surface area contributed by atoms with Crippen molar-refractivity contribution in [2.75, 3.05) is 7.05 Å². The third kappa shape index (κ3) is 6.68. The fourth-order valence-electron chi connectivity index (χ4n) is 3.93. The standard InChI is InChI=1S/C26H40N2O4/c1-10-20(26(7,8)19-14-12-11-13-15-19)22(29)27-21(25(4,5)6)23(30)28(9)18(3)16-17(2)24(31)32/h11-16,18,20-21H,10H2,1-9H3,(H,27,29)(H,31,32)/b17-16+/t18-,20+,21+/m0/s1. The van der Waals surface area contributed by atoms with Crippen LogP contribution in [0.4, 0.5) is 0 Å². The Bertz CT molecular complexity index is 837. The second-order valence-corrected chi connectivity index (χ2v) is 10.2. The first-order chi connectivity index (χ1) is 14.6. The highest BCUT2D eigenvalue weighted by Gasteiger charge is 2.40. The van der Waals surface area contributed by atoms with E-state index in [4.69, 9.17) is 5.11 Å². The first-order valence-electron chi connectivity index (χ1n) is 11.2. The molecule has 0 radical (unpaired) electrons. The maximum Gasteiger partial charge on any atom is 0.331 e. The highest BCUT2D eigenvalue weighted by atomic mass is 16.4. The van der Waals surface area contributed by atoms with E-state index in [2.05, 4.69) is 19.2 Å². The summed E-state index contributed by atoms with van der Waals surface area (Å²) in [4.78, 5) is 39.5. The maximum atomic E-state index is 13.4. The van der Waals surface area contributed by atoms with Gasteiger partial charge in [0.2, 0.25) is 11.8 Å². The number of nitrogens with one attached hydrogen (secondary N) is 1. The summed E-state index contributed by atoms with van der Waals surface area (Å²) in [6.45, 7) is 15.1. The minimum absolute atomic E-state index is 0.159. The molecule has 0 saturated heterocycles. The molecule has 1 aromatic carbocycles. The van der Waals surface area contributed by atoms with E-state index in [0.29, 0.717) is 6.42 Å². The number of hydrogen-bond acceptors (Lipinski definition) is 3. The first kappa shape index (κ1) is 27.4. The number of carboxylic acid groups (broad SMARTS) is 1. The summed E-state index contributed by atoms with van der Waals surface area (Å²) in [5.41, 5.74) is 0.304. The topological polar surface area (TPSA) is 86.7 Å². The second kappa shape index (κ2) is 10.8. The van der Waals surface area contributed by atoms with Crippen LogP contribution in [-0.4, -0.2) is 46.9 Å². The van der Waals surface area contributed by atoms with E-state index in [1.165, 1.54) is 17.9 Å². The molecule has 3 atom stereocenters. The van der Waals surface area contributed by atoms with E-state index >= 15 is 0 Å². The van der Waals surface area contributed by atoms with Crippen molar-refractivity contribution in [2.45, 2.75) is 79.3 Å². The van der Waals surface area contributed by atoms with E-state index in [0.717, 1.165) is 5.56 Å². The van der Waals surface area contributed by atoms with Crippen LogP contribution in [0.25, 0.3) is 0 Å². The summed E-state index contributed by atoms with van der Waals surface area (Å²) in [6, 6.07) is 8.75. The second-order valence-electron chi connectivity index (χ2n) is 10.2. The minimum atomic E-state index is -1.02. The van der Waals surface area contributed by atoms with Crippen LogP contribution >= 0.6 is 0 Å². The van der Waals surface area contributed by atoms with Crippen LogP contribution in [-0.2, 0) is 19.8 Å². The molecule has 32 heavy (non-hydrogen) atoms. The lowest BCUT2D eigenvalue weighted by Crippen LogP contribution is -2.57. The molecule has 0 aliphatic heterocycles. The lowest BCUT2D eigenvalue weighted by atomic mass is 9.71. The molecule has 6 nitrogen and oxygen atoms in total. The lowest BCUT2D eigenvalue weighted by Gasteiger charge is -2.38. The van der Waals surface area contributed by atoms with Crippen molar-refractivity contribution >= 4 is 17.8 Å². The van der Waals surface area contributed by atoms with E-state index in [1.807, 2.05) is 58.0 Å². The highest BCUT2D eigenvalue weighted by molar-refractivity contribution is 5.90. The number of carbonyl (C=O) groups excluding carboxylic acids is 2. The van der Waals surface area contributed by atoms with Gasteiger partial charge in [-0.2, -0.15) is 0 Å². The van der Waals surface area contributed by atoms with Gasteiger partial charge < -0.3 is 15.3 Å². The molecular formula is C26H40N2O4. The molecule has 0 saturated carbocycles. The molecule has 0 aliphatic rings. The van der Waals surface area contributed by atoms with E-state index < -0.39 is 28.9 Å². The van der Waals surface area contributed by atoms with Gasteiger partial charge in [-0.15, -0.1) is 0 Å². The molecular weight excluding hydrogens is 404 g/mol. The van der Waals surface area contributed by atoms with Crippen molar-refractivity contribution in [1.29, 1.82) is 0 Å². The quantitative estimate of drug-likeness (QED) is 0.553. The largest absolute Gasteiger partial charge is 0.478 e. The third-order valence-electron chi connectivity index (χ3n) is 6.30. The average Bonchev–Trinajstić information content (AvgIpc) is 2.70. The van der Waals surface area contributed by atoms with Gasteiger partial charge in [0, 0.05) is 30.0 Å². The molecule has 0 aromatic heterocycles. The molecule has 6 heteroatoms. The number of likely N-dealkylation sites (N-methyl/N-ethyl adjacent to an activating group) is 1. The SMILES string of the molecule is CC[C@H](C(=O)N[C@H](C(=O)N(C)[C@@H](C)/C=C(\C)C(=O)O)C(C)(C)C)C(C)(C)c1ccccc1. The number of carboxylic acids is 1. The molecule has 0 heterocycles. The Labute approximate surface area is 193 Å². The smallest absolute Gasteiger partial charge is 0.331 e. The van der Waals surface area contributed by atoms with E-state index in [9.17, 15) is 14.4 Å². The van der Waals surface area contributed by atoms with Crippen LogP contribution < -0.4 is 5.32 Å². The number of carbonyl (C=O) groups is 3. The zero-order valence-electron chi connectivity index (χ0n) is 21.0. The van der Waals surface area contributed by atoms with Crippen molar-refractivity contribution in [3.63, 3.8) is 0 Å². The van der Waals surface area contributed by atoms with Crippen LogP contribution in [0, 0.1) is 11.3 Å². The summed E-state index contributed by atoms with van der Waals surface area (Å²) < 4.78 is 0. The average molecular weight is 445 g/mol. The fourth-order valence-corrected chi connectivity index (χ4v) is 3.93. The maximum absolute atomic E-state index is 13.4. The van der Waals surface area contributed by atoms with Crippen LogP contribution in [0.5, 0.6) is 0 Å². The fraction of sp³-hybridized carbons (Fsp3) is 0.577. The van der Waals surface area contributed by atoms with Gasteiger partial charge in [0.05, 0.1) is 0 Å². The number of benzene rings is 1. The lowest BCUT2D eigenvalue weighted by molar-refractivity contribution is -0.141. The summed E-state index contributed by atoms with van der Waals surface area (Å²) >= 11 is 0. The number of nitrogens with zero attached hydrogens (tertiary/aromatic N) is 1. The van der Waals surface area contributed by atoms with Crippen molar-refractivity contribution in [3.8, 4) is 0 Å². The van der Waals surface area contributed by atoms with Crippen molar-refractivity contribution in [3.05, 3.63) is 47.5 Å². The molecule has 178 valence electrons. The number of aliphatic carboxylic acids is 1. The number of hydrogen-bond donors (Lipinski definition) is 2. The Kier molecular flexibility index (Phi) is 9.24. The molecule has 2 N–H and O–H groups in total. The van der Waals surface area contributed by atoms with E-state index in [1.54, 1.807) is 14.0 Å². The molecule has 2 amide bonds. The van der Waals surface area contributed by atoms with Crippen LogP contribution in [0.3, 0.4) is 0 Å². The normalized spacial score (nSPS) is 15.5. The van der Waals surface area contributed by atoms with Crippen LogP contribution in [0.2, 0.25) is 0 Å². The summed E-state index contributed by atoms with van der Waals surface area (Å²) in [5.74, 6) is -1.75. The van der Waals surface area contributed by atoms with Crippen molar-refractivity contribution in [1.82, 2.24) is 10.2 Å². The molecule has 0 bridgehead atoms. The van der Waals surface area contributed by atoms with Crippen LogP contribution in [0.1, 0.15) is 67.4 Å². The molecule has 0 fully saturated rings. The number of rotatable bonds is 9. The van der Waals surface area contributed by atoms with Gasteiger partial charge in [-0.05, 0) is 31.2 Å². The zero-order valence-corrected chi connectivity index (χ0v) is 21.0. The monoisotopic (exact) mass is 444 g/mol. The van der Waals surface area contributed by atoms with Gasteiger partial charge >= 0.3 is 5.97 Å². The molecule has 0 aliphatic carbocycles. The molecule has 1 aromatic rings. The Balaban J connectivity index is 3.18. The van der Waals surface area contributed by atoms with Crippen molar-refractivity contribution < 1.29 is 19.5 Å². The molecule has 1 rings (SSSR count). The van der Waals surface area contributed by atoms with Gasteiger partial charge in [0.1, 0.15) is 6.04 Å². The Hall–Kier alpha value is -2.63. The van der Waals surface area contributed by atoms with Gasteiger partial charge in [0.25, 0.3) is 0 Å². The molecule has 0 unspecified atom stereocenters. The Morgan fingerprint density at radius 2 is 1.62 bits per heavy atom. The molecule has 0 spiro atoms. The Morgan fingerprint density at radius 1 is 1.09 bits per heavy atom.